The molecular formula is C22H33O2P. The molecule has 1 aromatic rings. The van der Waals surface area contributed by atoms with Gasteiger partial charge in [-0.2, -0.15) is 0 Å². The Morgan fingerprint density at radius 3 is 1.88 bits per heavy atom. The van der Waals surface area contributed by atoms with Crippen LogP contribution in [-0.4, -0.2) is 22.8 Å². The quantitative estimate of drug-likeness (QED) is 0.419. The maximum absolute atomic E-state index is 14.4. The van der Waals surface area contributed by atoms with E-state index in [1.165, 1.54) is 38.5 Å². The van der Waals surface area contributed by atoms with E-state index in [1.54, 1.807) is 0 Å². The maximum atomic E-state index is 14.4. The van der Waals surface area contributed by atoms with Gasteiger partial charge in [-0.3, -0.25) is 4.79 Å². The number of hydrogen-bond acceptors (Lipinski definition) is 2. The van der Waals surface area contributed by atoms with Gasteiger partial charge in [0.2, 0.25) is 0 Å². The van der Waals surface area contributed by atoms with Crippen LogP contribution in [0.5, 0.6) is 0 Å². The maximum Gasteiger partial charge on any atom is 0.163 e. The molecule has 0 radical (unpaired) electrons. The molecular weight excluding hydrogens is 327 g/mol. The van der Waals surface area contributed by atoms with Crippen LogP contribution >= 0.6 is 7.14 Å². The van der Waals surface area contributed by atoms with Gasteiger partial charge in [-0.1, -0.05) is 75.8 Å². The average molecular weight is 360 g/mol. The van der Waals surface area contributed by atoms with Crippen LogP contribution < -0.4 is 0 Å². The minimum Gasteiger partial charge on any atom is -0.323 e. The van der Waals surface area contributed by atoms with Crippen LogP contribution in [0, 0.1) is 0 Å². The molecule has 138 valence electrons. The molecule has 1 unspecified atom stereocenters. The SMILES string of the molecule is CC(CC(=O)c1ccccc1)P(=O)(C1CCCCC1)C1CCCCC1. The second-order valence-corrected chi connectivity index (χ2v) is 12.1. The third kappa shape index (κ3) is 4.27. The smallest absolute Gasteiger partial charge is 0.163 e. The van der Waals surface area contributed by atoms with Crippen LogP contribution in [0.15, 0.2) is 30.3 Å². The highest BCUT2D eigenvalue weighted by Gasteiger charge is 2.45. The zero-order chi connectivity index (χ0) is 17.7. The van der Waals surface area contributed by atoms with Crippen molar-refractivity contribution in [1.82, 2.24) is 0 Å². The van der Waals surface area contributed by atoms with E-state index in [2.05, 4.69) is 6.92 Å². The molecule has 25 heavy (non-hydrogen) atoms. The monoisotopic (exact) mass is 360 g/mol. The topological polar surface area (TPSA) is 34.1 Å². The summed E-state index contributed by atoms with van der Waals surface area (Å²) >= 11 is 0. The number of Topliss-reactive ketones (excluding diaryl/α,β-unsaturated/α-hetero) is 1. The lowest BCUT2D eigenvalue weighted by Crippen LogP contribution is -2.30. The highest BCUT2D eigenvalue weighted by Crippen LogP contribution is 2.66. The van der Waals surface area contributed by atoms with Crippen molar-refractivity contribution in [3.05, 3.63) is 35.9 Å². The minimum absolute atomic E-state index is 0.0337. The normalized spacial score (nSPS) is 21.8. The number of benzene rings is 1. The first kappa shape index (κ1) is 18.9. The van der Waals surface area contributed by atoms with E-state index in [4.69, 9.17) is 0 Å². The molecule has 0 aliphatic heterocycles. The van der Waals surface area contributed by atoms with Crippen molar-refractivity contribution >= 4 is 12.9 Å². The molecule has 0 aromatic heterocycles. The van der Waals surface area contributed by atoms with E-state index < -0.39 is 7.14 Å². The van der Waals surface area contributed by atoms with Crippen molar-refractivity contribution < 1.29 is 9.36 Å². The predicted molar refractivity (Wildman–Crippen MR) is 106 cm³/mol. The van der Waals surface area contributed by atoms with Crippen molar-refractivity contribution in [2.75, 3.05) is 0 Å². The van der Waals surface area contributed by atoms with Crippen molar-refractivity contribution in [1.29, 1.82) is 0 Å². The Labute approximate surface area is 153 Å². The molecule has 2 aliphatic rings. The molecule has 0 heterocycles. The summed E-state index contributed by atoms with van der Waals surface area (Å²) in [4.78, 5) is 12.7. The van der Waals surface area contributed by atoms with Gasteiger partial charge < -0.3 is 4.57 Å². The van der Waals surface area contributed by atoms with Gasteiger partial charge in [0.25, 0.3) is 0 Å². The van der Waals surface area contributed by atoms with Gasteiger partial charge in [0.1, 0.15) is 0 Å². The lowest BCUT2D eigenvalue weighted by Gasteiger charge is -2.41. The van der Waals surface area contributed by atoms with E-state index >= 15 is 0 Å². The summed E-state index contributed by atoms with van der Waals surface area (Å²) < 4.78 is 14.4. The van der Waals surface area contributed by atoms with Crippen molar-refractivity contribution in [3.63, 3.8) is 0 Å². The van der Waals surface area contributed by atoms with Gasteiger partial charge >= 0.3 is 0 Å². The molecule has 0 spiro atoms. The molecule has 0 amide bonds. The van der Waals surface area contributed by atoms with E-state index in [1.807, 2.05) is 30.3 Å². The summed E-state index contributed by atoms with van der Waals surface area (Å²) in [6.45, 7) is 2.12. The number of carbonyl (C=O) groups excluding carboxylic acids is 1. The summed E-state index contributed by atoms with van der Waals surface area (Å²) in [6, 6.07) is 9.55. The first-order valence-electron chi connectivity index (χ1n) is 10.3. The van der Waals surface area contributed by atoms with Crippen LogP contribution in [-0.2, 0) is 4.57 Å². The molecule has 0 saturated heterocycles. The molecule has 2 fully saturated rings. The second kappa shape index (κ2) is 8.67. The van der Waals surface area contributed by atoms with Crippen LogP contribution in [0.2, 0.25) is 0 Å². The number of rotatable bonds is 6. The van der Waals surface area contributed by atoms with E-state index in [-0.39, 0.29) is 11.4 Å². The van der Waals surface area contributed by atoms with Gasteiger partial charge in [-0.15, -0.1) is 0 Å². The fraction of sp³-hybridized carbons (Fsp3) is 0.682. The third-order valence-corrected chi connectivity index (χ3v) is 11.4. The number of ketones is 1. The van der Waals surface area contributed by atoms with Crippen molar-refractivity contribution in [2.45, 2.75) is 94.5 Å². The van der Waals surface area contributed by atoms with Gasteiger partial charge in [0.15, 0.2) is 5.78 Å². The first-order chi connectivity index (χ1) is 12.1. The van der Waals surface area contributed by atoms with Crippen LogP contribution in [0.1, 0.15) is 87.9 Å². The summed E-state index contributed by atoms with van der Waals surface area (Å²) in [5, 5.41) is 0. The largest absolute Gasteiger partial charge is 0.323 e. The van der Waals surface area contributed by atoms with Crippen molar-refractivity contribution in [3.8, 4) is 0 Å². The summed E-state index contributed by atoms with van der Waals surface area (Å²) in [5.74, 6) is 0.167. The second-order valence-electron chi connectivity index (χ2n) is 8.19. The van der Waals surface area contributed by atoms with Crippen LogP contribution in [0.3, 0.4) is 0 Å². The fourth-order valence-corrected chi connectivity index (χ4v) is 9.97. The molecule has 2 nitrogen and oxygen atoms in total. The van der Waals surface area contributed by atoms with Crippen molar-refractivity contribution in [2.24, 2.45) is 0 Å². The number of carbonyl (C=O) groups is 1. The Morgan fingerprint density at radius 1 is 0.920 bits per heavy atom. The standard InChI is InChI=1S/C22H33O2P/c1-18(17-22(23)19-11-5-2-6-12-19)25(24,20-13-7-3-8-14-20)21-15-9-4-10-16-21/h2,5-6,11-12,18,20-21H,3-4,7-10,13-17H2,1H3. The number of hydrogen-bond donors (Lipinski definition) is 0. The zero-order valence-corrected chi connectivity index (χ0v) is 16.6. The lowest BCUT2D eigenvalue weighted by molar-refractivity contribution is 0.0982. The Kier molecular flexibility index (Phi) is 6.55. The Bertz CT molecular complexity index is 576. The molecule has 3 heteroatoms. The highest BCUT2D eigenvalue weighted by atomic mass is 31.2. The summed E-state index contributed by atoms with van der Waals surface area (Å²) in [6.07, 6.45) is 12.4. The lowest BCUT2D eigenvalue weighted by atomic mass is 9.99. The molecule has 3 rings (SSSR count). The van der Waals surface area contributed by atoms with E-state index in [9.17, 15) is 9.36 Å². The van der Waals surface area contributed by atoms with E-state index in [0.717, 1.165) is 31.2 Å². The Hall–Kier alpha value is -0.880. The predicted octanol–water partition coefficient (Wildman–Crippen LogP) is 6.68. The fourth-order valence-electron chi connectivity index (χ4n) is 5.14. The molecule has 2 aliphatic carbocycles. The molecule has 0 N–H and O–H groups in total. The molecule has 1 aromatic carbocycles. The van der Waals surface area contributed by atoms with Crippen LogP contribution in [0.25, 0.3) is 0 Å². The zero-order valence-electron chi connectivity index (χ0n) is 15.7. The minimum atomic E-state index is -2.36. The third-order valence-electron chi connectivity index (χ3n) is 6.56. The first-order valence-corrected chi connectivity index (χ1v) is 12.2. The van der Waals surface area contributed by atoms with Gasteiger partial charge in [-0.05, 0) is 25.7 Å². The molecule has 1 atom stereocenters. The Morgan fingerprint density at radius 2 is 1.40 bits per heavy atom. The molecule has 2 saturated carbocycles. The summed E-state index contributed by atoms with van der Waals surface area (Å²) in [7, 11) is -2.36. The molecule has 0 bridgehead atoms. The average Bonchev–Trinajstić information content (AvgIpc) is 2.69. The van der Waals surface area contributed by atoms with Crippen LogP contribution in [0.4, 0.5) is 0 Å². The van der Waals surface area contributed by atoms with Gasteiger partial charge in [0.05, 0.1) is 7.14 Å². The summed E-state index contributed by atoms with van der Waals surface area (Å²) in [5.41, 5.74) is 1.56. The van der Waals surface area contributed by atoms with E-state index in [0.29, 0.717) is 17.7 Å². The van der Waals surface area contributed by atoms with Gasteiger partial charge in [-0.25, -0.2) is 0 Å². The highest BCUT2D eigenvalue weighted by molar-refractivity contribution is 7.66. The Balaban J connectivity index is 1.80. The van der Waals surface area contributed by atoms with Gasteiger partial charge in [0, 0.05) is 29.0 Å².